The monoisotopic (exact) mass is 207 g/mol. The summed E-state index contributed by atoms with van der Waals surface area (Å²) in [4.78, 5) is 0. The average molecular weight is 207 g/mol. The number of hydrogen-bond donors (Lipinski definition) is 1. The molecule has 1 aromatic rings. The molecule has 84 valence electrons. The van der Waals surface area contributed by atoms with E-state index in [2.05, 4.69) is 43.4 Å². The van der Waals surface area contributed by atoms with Crippen molar-refractivity contribution in [2.45, 2.75) is 39.5 Å². The van der Waals surface area contributed by atoms with Crippen LogP contribution in [0.15, 0.2) is 24.3 Å². The summed E-state index contributed by atoms with van der Waals surface area (Å²) in [6.07, 6.45) is 1.42. The van der Waals surface area contributed by atoms with Crippen LogP contribution in [0.4, 0.5) is 0 Å². The van der Waals surface area contributed by atoms with Crippen LogP contribution >= 0.6 is 0 Å². The van der Waals surface area contributed by atoms with Gasteiger partial charge in [0.2, 0.25) is 0 Å². The first kappa shape index (κ1) is 12.2. The highest BCUT2D eigenvalue weighted by atomic mass is 16.5. The minimum Gasteiger partial charge on any atom is -0.374 e. The van der Waals surface area contributed by atoms with Crippen molar-refractivity contribution < 1.29 is 4.74 Å². The average Bonchev–Trinajstić information content (AvgIpc) is 2.28. The van der Waals surface area contributed by atoms with Gasteiger partial charge in [0, 0.05) is 6.54 Å². The van der Waals surface area contributed by atoms with Crippen LogP contribution in [0.3, 0.4) is 0 Å². The summed E-state index contributed by atoms with van der Waals surface area (Å²) in [7, 11) is 1.96. The molecule has 1 N–H and O–H groups in total. The summed E-state index contributed by atoms with van der Waals surface area (Å²) >= 11 is 0. The SMILES string of the molecule is CCC(C)OCc1ccc(CNC)cc1. The van der Waals surface area contributed by atoms with Crippen LogP contribution in [-0.2, 0) is 17.9 Å². The van der Waals surface area contributed by atoms with Gasteiger partial charge in [0.05, 0.1) is 12.7 Å². The first-order valence-corrected chi connectivity index (χ1v) is 5.60. The van der Waals surface area contributed by atoms with E-state index < -0.39 is 0 Å². The maximum absolute atomic E-state index is 5.66. The molecule has 0 heterocycles. The quantitative estimate of drug-likeness (QED) is 0.774. The fraction of sp³-hybridized carbons (Fsp3) is 0.538. The minimum absolute atomic E-state index is 0.349. The fourth-order valence-corrected chi connectivity index (χ4v) is 1.31. The molecule has 1 unspecified atom stereocenters. The summed E-state index contributed by atoms with van der Waals surface area (Å²) < 4.78 is 5.66. The molecule has 1 rings (SSSR count). The van der Waals surface area contributed by atoms with Crippen LogP contribution in [0.25, 0.3) is 0 Å². The Morgan fingerprint density at radius 1 is 1.20 bits per heavy atom. The van der Waals surface area contributed by atoms with E-state index in [0.717, 1.165) is 19.6 Å². The number of rotatable bonds is 6. The van der Waals surface area contributed by atoms with Gasteiger partial charge in [-0.15, -0.1) is 0 Å². The highest BCUT2D eigenvalue weighted by molar-refractivity contribution is 5.21. The van der Waals surface area contributed by atoms with Crippen LogP contribution in [0.2, 0.25) is 0 Å². The van der Waals surface area contributed by atoms with Crippen molar-refractivity contribution in [3.05, 3.63) is 35.4 Å². The zero-order valence-electron chi connectivity index (χ0n) is 9.92. The zero-order valence-corrected chi connectivity index (χ0v) is 9.92. The lowest BCUT2D eigenvalue weighted by Gasteiger charge is -2.10. The Kier molecular flexibility index (Phi) is 5.37. The zero-order chi connectivity index (χ0) is 11.1. The van der Waals surface area contributed by atoms with Gasteiger partial charge in [0.15, 0.2) is 0 Å². The van der Waals surface area contributed by atoms with Gasteiger partial charge < -0.3 is 10.1 Å². The molecule has 15 heavy (non-hydrogen) atoms. The number of benzene rings is 1. The van der Waals surface area contributed by atoms with Gasteiger partial charge >= 0.3 is 0 Å². The van der Waals surface area contributed by atoms with Gasteiger partial charge in [-0.25, -0.2) is 0 Å². The van der Waals surface area contributed by atoms with E-state index in [1.807, 2.05) is 7.05 Å². The number of ether oxygens (including phenoxy) is 1. The van der Waals surface area contributed by atoms with Crippen molar-refractivity contribution in [3.63, 3.8) is 0 Å². The lowest BCUT2D eigenvalue weighted by Crippen LogP contribution is -2.07. The van der Waals surface area contributed by atoms with Crippen molar-refractivity contribution in [1.29, 1.82) is 0 Å². The molecule has 2 heteroatoms. The topological polar surface area (TPSA) is 21.3 Å². The standard InChI is InChI=1S/C13H21NO/c1-4-11(2)15-10-13-7-5-12(6-8-13)9-14-3/h5-8,11,14H,4,9-10H2,1-3H3. The molecule has 1 aromatic carbocycles. The maximum Gasteiger partial charge on any atom is 0.0720 e. The lowest BCUT2D eigenvalue weighted by atomic mass is 10.1. The van der Waals surface area contributed by atoms with Gasteiger partial charge in [-0.3, -0.25) is 0 Å². The Morgan fingerprint density at radius 3 is 2.33 bits per heavy atom. The third kappa shape index (κ3) is 4.45. The lowest BCUT2D eigenvalue weighted by molar-refractivity contribution is 0.0508. The number of hydrogen-bond acceptors (Lipinski definition) is 2. The molecule has 0 aliphatic heterocycles. The molecule has 0 saturated heterocycles. The van der Waals surface area contributed by atoms with E-state index in [4.69, 9.17) is 4.74 Å². The van der Waals surface area contributed by atoms with Gasteiger partial charge in [-0.1, -0.05) is 31.2 Å². The molecule has 0 saturated carbocycles. The maximum atomic E-state index is 5.66. The third-order valence-corrected chi connectivity index (χ3v) is 2.51. The largest absolute Gasteiger partial charge is 0.374 e. The Balaban J connectivity index is 2.42. The van der Waals surface area contributed by atoms with Crippen molar-refractivity contribution in [2.24, 2.45) is 0 Å². The summed E-state index contributed by atoms with van der Waals surface area (Å²) in [5.74, 6) is 0. The van der Waals surface area contributed by atoms with Gasteiger partial charge in [-0.2, -0.15) is 0 Å². The summed E-state index contributed by atoms with van der Waals surface area (Å²) in [5, 5.41) is 3.13. The van der Waals surface area contributed by atoms with Crippen LogP contribution in [0, 0.1) is 0 Å². The normalized spacial score (nSPS) is 12.7. The molecule has 0 bridgehead atoms. The van der Waals surface area contributed by atoms with E-state index in [-0.39, 0.29) is 0 Å². The second-order valence-electron chi connectivity index (χ2n) is 3.88. The highest BCUT2D eigenvalue weighted by Gasteiger charge is 1.99. The van der Waals surface area contributed by atoms with E-state index in [1.165, 1.54) is 11.1 Å². The van der Waals surface area contributed by atoms with Crippen LogP contribution in [0.1, 0.15) is 31.4 Å². The van der Waals surface area contributed by atoms with Crippen molar-refractivity contribution in [1.82, 2.24) is 5.32 Å². The molecule has 0 radical (unpaired) electrons. The van der Waals surface area contributed by atoms with Crippen LogP contribution in [0.5, 0.6) is 0 Å². The summed E-state index contributed by atoms with van der Waals surface area (Å²) in [6.45, 7) is 5.89. The molecular formula is C13H21NO. The molecule has 0 spiro atoms. The van der Waals surface area contributed by atoms with Crippen molar-refractivity contribution >= 4 is 0 Å². The van der Waals surface area contributed by atoms with E-state index in [0.29, 0.717) is 6.10 Å². The Bertz CT molecular complexity index is 268. The predicted molar refractivity (Wildman–Crippen MR) is 63.7 cm³/mol. The van der Waals surface area contributed by atoms with E-state index >= 15 is 0 Å². The molecule has 0 aliphatic carbocycles. The Labute approximate surface area is 92.6 Å². The first-order chi connectivity index (χ1) is 7.26. The van der Waals surface area contributed by atoms with Gasteiger partial charge in [0.1, 0.15) is 0 Å². The van der Waals surface area contributed by atoms with E-state index in [1.54, 1.807) is 0 Å². The molecule has 1 atom stereocenters. The highest BCUT2D eigenvalue weighted by Crippen LogP contribution is 2.07. The second kappa shape index (κ2) is 6.59. The second-order valence-corrected chi connectivity index (χ2v) is 3.88. The summed E-state index contributed by atoms with van der Waals surface area (Å²) in [6, 6.07) is 8.56. The molecule has 0 aliphatic rings. The van der Waals surface area contributed by atoms with Crippen LogP contribution < -0.4 is 5.32 Å². The fourth-order valence-electron chi connectivity index (χ4n) is 1.31. The van der Waals surface area contributed by atoms with Crippen molar-refractivity contribution in [2.75, 3.05) is 7.05 Å². The Morgan fingerprint density at radius 2 is 1.80 bits per heavy atom. The van der Waals surface area contributed by atoms with Crippen LogP contribution in [-0.4, -0.2) is 13.2 Å². The predicted octanol–water partition coefficient (Wildman–Crippen LogP) is 2.72. The van der Waals surface area contributed by atoms with Gasteiger partial charge in [0.25, 0.3) is 0 Å². The van der Waals surface area contributed by atoms with E-state index in [9.17, 15) is 0 Å². The minimum atomic E-state index is 0.349. The molecule has 2 nitrogen and oxygen atoms in total. The summed E-state index contributed by atoms with van der Waals surface area (Å²) in [5.41, 5.74) is 2.56. The first-order valence-electron chi connectivity index (χ1n) is 5.60. The van der Waals surface area contributed by atoms with Gasteiger partial charge in [-0.05, 0) is 31.5 Å². The number of nitrogens with one attached hydrogen (secondary N) is 1. The van der Waals surface area contributed by atoms with Crippen molar-refractivity contribution in [3.8, 4) is 0 Å². The smallest absolute Gasteiger partial charge is 0.0720 e. The molecular weight excluding hydrogens is 186 g/mol. The molecule has 0 aromatic heterocycles. The third-order valence-electron chi connectivity index (χ3n) is 2.51. The Hall–Kier alpha value is -0.860. The molecule has 0 fully saturated rings. The molecule has 0 amide bonds.